The average molecular weight is 318 g/mol. The average Bonchev–Trinajstić information content (AvgIpc) is 3.11. The number of hydrogen-bond donors (Lipinski definition) is 2. The SMILES string of the molecule is CNC(=O)c1coc2cc(N3CCC(O)C3)c(OC(C)C)cc12. The van der Waals surface area contributed by atoms with Gasteiger partial charge in [0.1, 0.15) is 17.6 Å². The number of carbonyl (C=O) groups excluding carboxylic acids is 1. The molecule has 3 rings (SSSR count). The number of aliphatic hydroxyl groups is 1. The van der Waals surface area contributed by atoms with E-state index in [0.717, 1.165) is 24.0 Å². The minimum atomic E-state index is -0.323. The molecular formula is C17H22N2O4. The maximum absolute atomic E-state index is 12.0. The van der Waals surface area contributed by atoms with E-state index in [1.807, 2.05) is 26.0 Å². The molecule has 6 heteroatoms. The van der Waals surface area contributed by atoms with Crippen LogP contribution in [-0.4, -0.2) is 43.4 Å². The van der Waals surface area contributed by atoms with Crippen molar-refractivity contribution in [1.82, 2.24) is 5.32 Å². The lowest BCUT2D eigenvalue weighted by atomic mass is 10.1. The van der Waals surface area contributed by atoms with E-state index < -0.39 is 0 Å². The number of benzene rings is 1. The Morgan fingerprint density at radius 2 is 2.26 bits per heavy atom. The molecule has 2 heterocycles. The number of carbonyl (C=O) groups is 1. The van der Waals surface area contributed by atoms with Crippen molar-refractivity contribution in [3.63, 3.8) is 0 Å². The Morgan fingerprint density at radius 1 is 1.48 bits per heavy atom. The van der Waals surface area contributed by atoms with Crippen LogP contribution in [-0.2, 0) is 0 Å². The molecule has 1 aromatic heterocycles. The van der Waals surface area contributed by atoms with E-state index in [4.69, 9.17) is 9.15 Å². The molecule has 2 aromatic rings. The zero-order chi connectivity index (χ0) is 16.6. The van der Waals surface area contributed by atoms with Gasteiger partial charge in [-0.3, -0.25) is 4.79 Å². The second-order valence-electron chi connectivity index (χ2n) is 6.10. The minimum absolute atomic E-state index is 0.00841. The number of ether oxygens (including phenoxy) is 1. The molecule has 0 bridgehead atoms. The van der Waals surface area contributed by atoms with Gasteiger partial charge in [-0.2, -0.15) is 0 Å². The number of amides is 1. The standard InChI is InChI=1S/C17H22N2O4/c1-10(2)23-16-6-12-13(17(21)18-3)9-22-15(12)7-14(16)19-5-4-11(20)8-19/h6-7,9-11,20H,4-5,8H2,1-3H3,(H,18,21). The molecule has 1 unspecified atom stereocenters. The first-order chi connectivity index (χ1) is 11.0. The topological polar surface area (TPSA) is 74.9 Å². The maximum atomic E-state index is 12.0. The third kappa shape index (κ3) is 2.99. The summed E-state index contributed by atoms with van der Waals surface area (Å²) in [6.07, 6.45) is 1.89. The number of β-amino-alcohol motifs (C(OH)–C–C–N with tert-alkyl or cyclic N) is 1. The van der Waals surface area contributed by atoms with Crippen molar-refractivity contribution in [2.24, 2.45) is 0 Å². The first-order valence-corrected chi connectivity index (χ1v) is 7.86. The van der Waals surface area contributed by atoms with Crippen LogP contribution in [0.2, 0.25) is 0 Å². The van der Waals surface area contributed by atoms with Crippen molar-refractivity contribution in [2.45, 2.75) is 32.5 Å². The minimum Gasteiger partial charge on any atom is -0.489 e. The number of fused-ring (bicyclic) bond motifs is 1. The van der Waals surface area contributed by atoms with Gasteiger partial charge >= 0.3 is 0 Å². The number of aliphatic hydroxyl groups excluding tert-OH is 1. The van der Waals surface area contributed by atoms with Gasteiger partial charge in [0.2, 0.25) is 0 Å². The number of nitrogens with zero attached hydrogens (tertiary/aromatic N) is 1. The van der Waals surface area contributed by atoms with E-state index in [9.17, 15) is 9.90 Å². The van der Waals surface area contributed by atoms with Crippen LogP contribution in [0.25, 0.3) is 11.0 Å². The summed E-state index contributed by atoms with van der Waals surface area (Å²) in [6.45, 7) is 5.26. The van der Waals surface area contributed by atoms with E-state index in [1.165, 1.54) is 6.26 Å². The van der Waals surface area contributed by atoms with Crippen molar-refractivity contribution < 1.29 is 19.1 Å². The fourth-order valence-electron chi connectivity index (χ4n) is 2.91. The van der Waals surface area contributed by atoms with Crippen LogP contribution in [0.5, 0.6) is 5.75 Å². The van der Waals surface area contributed by atoms with Gasteiger partial charge < -0.3 is 24.5 Å². The monoisotopic (exact) mass is 318 g/mol. The van der Waals surface area contributed by atoms with Gasteiger partial charge in [0, 0.05) is 31.6 Å². The summed E-state index contributed by atoms with van der Waals surface area (Å²) in [7, 11) is 1.59. The predicted octanol–water partition coefficient (Wildman–Crippen LogP) is 2.15. The number of hydrogen-bond acceptors (Lipinski definition) is 5. The van der Waals surface area contributed by atoms with Gasteiger partial charge in [-0.25, -0.2) is 0 Å². The number of nitrogens with one attached hydrogen (secondary N) is 1. The Labute approximate surface area is 135 Å². The van der Waals surface area contributed by atoms with Crippen LogP contribution in [0.3, 0.4) is 0 Å². The van der Waals surface area contributed by atoms with Gasteiger partial charge in [-0.1, -0.05) is 0 Å². The normalized spacial score (nSPS) is 18.0. The van der Waals surface area contributed by atoms with Crippen molar-refractivity contribution >= 4 is 22.6 Å². The predicted molar refractivity (Wildman–Crippen MR) is 88.2 cm³/mol. The molecule has 1 aromatic carbocycles. The summed E-state index contributed by atoms with van der Waals surface area (Å²) >= 11 is 0. The van der Waals surface area contributed by atoms with Crippen molar-refractivity contribution in [3.8, 4) is 5.75 Å². The lowest BCUT2D eigenvalue weighted by Gasteiger charge is -2.23. The zero-order valence-electron chi connectivity index (χ0n) is 13.6. The van der Waals surface area contributed by atoms with Crippen LogP contribution >= 0.6 is 0 Å². The molecule has 0 aliphatic carbocycles. The Morgan fingerprint density at radius 3 is 2.87 bits per heavy atom. The number of anilines is 1. The molecule has 0 spiro atoms. The molecule has 1 aliphatic rings. The van der Waals surface area contributed by atoms with Crippen LogP contribution in [0.4, 0.5) is 5.69 Å². The molecule has 1 aliphatic heterocycles. The van der Waals surface area contributed by atoms with Crippen LogP contribution in [0.1, 0.15) is 30.6 Å². The van der Waals surface area contributed by atoms with E-state index in [0.29, 0.717) is 23.4 Å². The Bertz CT molecular complexity index is 723. The van der Waals surface area contributed by atoms with Gasteiger partial charge in [0.25, 0.3) is 5.91 Å². The maximum Gasteiger partial charge on any atom is 0.254 e. The van der Waals surface area contributed by atoms with Crippen molar-refractivity contribution in [2.75, 3.05) is 25.0 Å². The third-order valence-corrected chi connectivity index (χ3v) is 3.99. The summed E-state index contributed by atoms with van der Waals surface area (Å²) in [6, 6.07) is 3.74. The molecule has 1 amide bonds. The van der Waals surface area contributed by atoms with E-state index >= 15 is 0 Å². The second kappa shape index (κ2) is 6.12. The summed E-state index contributed by atoms with van der Waals surface area (Å²) in [5.41, 5.74) is 2.01. The lowest BCUT2D eigenvalue weighted by Crippen LogP contribution is -2.22. The van der Waals surface area contributed by atoms with Gasteiger partial charge in [0.15, 0.2) is 0 Å². The quantitative estimate of drug-likeness (QED) is 0.903. The largest absolute Gasteiger partial charge is 0.489 e. The molecule has 2 N–H and O–H groups in total. The molecule has 0 radical (unpaired) electrons. The second-order valence-corrected chi connectivity index (χ2v) is 6.10. The fraction of sp³-hybridized carbons (Fsp3) is 0.471. The van der Waals surface area contributed by atoms with E-state index in [2.05, 4.69) is 10.2 Å². The highest BCUT2D eigenvalue weighted by molar-refractivity contribution is 6.07. The summed E-state index contributed by atoms with van der Waals surface area (Å²) < 4.78 is 11.5. The van der Waals surface area contributed by atoms with Crippen LogP contribution < -0.4 is 15.0 Å². The Balaban J connectivity index is 2.09. The van der Waals surface area contributed by atoms with Gasteiger partial charge in [0.05, 0.1) is 23.5 Å². The van der Waals surface area contributed by atoms with E-state index in [-0.39, 0.29) is 18.1 Å². The summed E-state index contributed by atoms with van der Waals surface area (Å²) in [5, 5.41) is 13.1. The molecule has 124 valence electrons. The van der Waals surface area contributed by atoms with Gasteiger partial charge in [-0.05, 0) is 26.3 Å². The lowest BCUT2D eigenvalue weighted by molar-refractivity contribution is 0.0964. The summed E-state index contributed by atoms with van der Waals surface area (Å²) in [5.74, 6) is 0.511. The molecule has 6 nitrogen and oxygen atoms in total. The van der Waals surface area contributed by atoms with E-state index in [1.54, 1.807) is 7.05 Å². The highest BCUT2D eigenvalue weighted by Crippen LogP contribution is 2.37. The van der Waals surface area contributed by atoms with Crippen molar-refractivity contribution in [1.29, 1.82) is 0 Å². The molecular weight excluding hydrogens is 296 g/mol. The highest BCUT2D eigenvalue weighted by atomic mass is 16.5. The summed E-state index contributed by atoms with van der Waals surface area (Å²) in [4.78, 5) is 14.0. The van der Waals surface area contributed by atoms with Crippen LogP contribution in [0, 0.1) is 0 Å². The van der Waals surface area contributed by atoms with Crippen LogP contribution in [0.15, 0.2) is 22.8 Å². The molecule has 23 heavy (non-hydrogen) atoms. The third-order valence-electron chi connectivity index (χ3n) is 3.99. The number of rotatable bonds is 4. The molecule has 0 saturated carbocycles. The molecule has 1 fully saturated rings. The molecule has 1 saturated heterocycles. The Hall–Kier alpha value is -2.21. The fourth-order valence-corrected chi connectivity index (χ4v) is 2.91. The first-order valence-electron chi connectivity index (χ1n) is 7.86. The highest BCUT2D eigenvalue weighted by Gasteiger charge is 2.25. The molecule has 1 atom stereocenters. The van der Waals surface area contributed by atoms with Crippen molar-refractivity contribution in [3.05, 3.63) is 24.0 Å². The van der Waals surface area contributed by atoms with Gasteiger partial charge in [-0.15, -0.1) is 0 Å². The Kier molecular flexibility index (Phi) is 4.17. The first kappa shape index (κ1) is 15.7. The smallest absolute Gasteiger partial charge is 0.254 e. The zero-order valence-corrected chi connectivity index (χ0v) is 13.6. The number of furan rings is 1.